The predicted molar refractivity (Wildman–Crippen MR) is 278 cm³/mol. The zero-order valence-corrected chi connectivity index (χ0v) is 42.7. The molecule has 0 aromatic rings. The van der Waals surface area contributed by atoms with Crippen molar-refractivity contribution < 1.29 is 24.5 Å². The van der Waals surface area contributed by atoms with Gasteiger partial charge in [-0.15, -0.1) is 0 Å². The predicted octanol–water partition coefficient (Wildman–Crippen LogP) is 17.0. The molecule has 0 saturated carbocycles. The first-order valence-electron chi connectivity index (χ1n) is 27.9. The van der Waals surface area contributed by atoms with Gasteiger partial charge in [0.25, 0.3) is 0 Å². The van der Waals surface area contributed by atoms with E-state index in [1.54, 1.807) is 0 Å². The van der Waals surface area contributed by atoms with Crippen LogP contribution in [-0.2, 0) is 14.3 Å². The minimum atomic E-state index is -0.799. The van der Waals surface area contributed by atoms with E-state index >= 15 is 0 Å². The Kier molecular flexibility index (Phi) is 50.0. The molecule has 0 rings (SSSR count). The molecular formula is C58H107NO5. The Hall–Kier alpha value is -2.18. The summed E-state index contributed by atoms with van der Waals surface area (Å²) >= 11 is 0. The smallest absolute Gasteiger partial charge is 0.306 e. The molecule has 6 nitrogen and oxygen atoms in total. The highest BCUT2D eigenvalue weighted by molar-refractivity contribution is 5.77. The Labute approximate surface area is 397 Å². The van der Waals surface area contributed by atoms with Gasteiger partial charge in [0.1, 0.15) is 6.10 Å². The lowest BCUT2D eigenvalue weighted by molar-refractivity contribution is -0.151. The van der Waals surface area contributed by atoms with Crippen LogP contribution in [0.3, 0.4) is 0 Å². The van der Waals surface area contributed by atoms with E-state index in [9.17, 15) is 19.8 Å². The molecule has 3 N–H and O–H groups in total. The van der Waals surface area contributed by atoms with Crippen molar-refractivity contribution in [3.63, 3.8) is 0 Å². The number of carbonyl (C=O) groups excluding carboxylic acids is 2. The first-order valence-corrected chi connectivity index (χ1v) is 27.9. The van der Waals surface area contributed by atoms with Crippen LogP contribution in [0.15, 0.2) is 48.6 Å². The number of aliphatic hydroxyl groups excluding tert-OH is 2. The van der Waals surface area contributed by atoms with Crippen molar-refractivity contribution in [3.8, 4) is 0 Å². The molecule has 64 heavy (non-hydrogen) atoms. The largest absolute Gasteiger partial charge is 0.462 e. The van der Waals surface area contributed by atoms with Crippen LogP contribution in [0.2, 0.25) is 0 Å². The SMILES string of the molecule is CCCCC/C=C\C/C=C\CCCCCCCCCCCC(=O)OC(CCC/C=C/C=C/CCCCCCCCC)CC(=O)NC(CO)C(O)CCCCCCCCCCCCCC. The molecule has 0 aliphatic heterocycles. The van der Waals surface area contributed by atoms with Gasteiger partial charge in [0, 0.05) is 6.42 Å². The van der Waals surface area contributed by atoms with Crippen LogP contribution < -0.4 is 5.32 Å². The first kappa shape index (κ1) is 61.8. The number of allylic oxidation sites excluding steroid dienone is 8. The minimum absolute atomic E-state index is 0.0441. The van der Waals surface area contributed by atoms with Crippen LogP contribution in [0.1, 0.15) is 284 Å². The van der Waals surface area contributed by atoms with Crippen LogP contribution in [0.25, 0.3) is 0 Å². The van der Waals surface area contributed by atoms with E-state index in [1.165, 1.54) is 173 Å². The molecule has 0 aromatic heterocycles. The third kappa shape index (κ3) is 46.4. The van der Waals surface area contributed by atoms with Gasteiger partial charge in [-0.05, 0) is 77.0 Å². The van der Waals surface area contributed by atoms with Crippen LogP contribution in [0.4, 0.5) is 0 Å². The van der Waals surface area contributed by atoms with Crippen LogP contribution in [-0.4, -0.2) is 46.9 Å². The number of aliphatic hydroxyl groups is 2. The molecule has 0 aliphatic rings. The molecule has 0 bridgehead atoms. The van der Waals surface area contributed by atoms with Crippen molar-refractivity contribution in [3.05, 3.63) is 48.6 Å². The second kappa shape index (κ2) is 51.8. The van der Waals surface area contributed by atoms with E-state index in [0.29, 0.717) is 19.3 Å². The normalized spacial score (nSPS) is 13.5. The summed E-state index contributed by atoms with van der Waals surface area (Å²) in [5, 5.41) is 23.8. The summed E-state index contributed by atoms with van der Waals surface area (Å²) in [6.07, 6.45) is 63.2. The molecule has 0 radical (unpaired) electrons. The maximum atomic E-state index is 13.2. The number of unbranched alkanes of at least 4 members (excludes halogenated alkanes) is 31. The Morgan fingerprint density at radius 3 is 1.34 bits per heavy atom. The molecule has 0 fully saturated rings. The van der Waals surface area contributed by atoms with E-state index in [-0.39, 0.29) is 24.9 Å². The highest BCUT2D eigenvalue weighted by atomic mass is 16.5. The highest BCUT2D eigenvalue weighted by Crippen LogP contribution is 2.17. The van der Waals surface area contributed by atoms with Crippen LogP contribution >= 0.6 is 0 Å². The second-order valence-corrected chi connectivity index (χ2v) is 19.0. The van der Waals surface area contributed by atoms with Gasteiger partial charge in [0.15, 0.2) is 0 Å². The van der Waals surface area contributed by atoms with E-state index in [0.717, 1.165) is 64.2 Å². The lowest BCUT2D eigenvalue weighted by atomic mass is 10.0. The number of amides is 1. The summed E-state index contributed by atoms with van der Waals surface area (Å²) in [6.45, 7) is 6.45. The van der Waals surface area contributed by atoms with Gasteiger partial charge in [-0.1, -0.05) is 243 Å². The van der Waals surface area contributed by atoms with Crippen molar-refractivity contribution in [2.75, 3.05) is 6.61 Å². The van der Waals surface area contributed by atoms with Gasteiger partial charge < -0.3 is 20.3 Å². The lowest BCUT2D eigenvalue weighted by Crippen LogP contribution is -2.46. The lowest BCUT2D eigenvalue weighted by Gasteiger charge is -2.24. The zero-order valence-electron chi connectivity index (χ0n) is 42.7. The molecule has 3 unspecified atom stereocenters. The van der Waals surface area contributed by atoms with Crippen LogP contribution in [0.5, 0.6) is 0 Å². The maximum absolute atomic E-state index is 13.2. The maximum Gasteiger partial charge on any atom is 0.306 e. The van der Waals surface area contributed by atoms with Crippen LogP contribution in [0, 0.1) is 0 Å². The third-order valence-corrected chi connectivity index (χ3v) is 12.7. The molecule has 0 aliphatic carbocycles. The van der Waals surface area contributed by atoms with Crippen molar-refractivity contribution >= 4 is 11.9 Å². The average Bonchev–Trinajstić information content (AvgIpc) is 3.29. The van der Waals surface area contributed by atoms with Gasteiger partial charge in [0.2, 0.25) is 5.91 Å². The van der Waals surface area contributed by atoms with Gasteiger partial charge >= 0.3 is 5.97 Å². The zero-order chi connectivity index (χ0) is 46.7. The summed E-state index contributed by atoms with van der Waals surface area (Å²) in [5.74, 6) is -0.517. The summed E-state index contributed by atoms with van der Waals surface area (Å²) in [5.41, 5.74) is 0. The molecular weight excluding hydrogens is 791 g/mol. The fourth-order valence-corrected chi connectivity index (χ4v) is 8.40. The monoisotopic (exact) mass is 898 g/mol. The number of esters is 1. The van der Waals surface area contributed by atoms with Crippen molar-refractivity contribution in [1.82, 2.24) is 5.32 Å². The highest BCUT2D eigenvalue weighted by Gasteiger charge is 2.24. The average molecular weight is 898 g/mol. The number of rotatable bonds is 50. The Balaban J connectivity index is 4.58. The van der Waals surface area contributed by atoms with E-state index in [2.05, 4.69) is 74.7 Å². The van der Waals surface area contributed by atoms with Gasteiger partial charge in [-0.3, -0.25) is 9.59 Å². The topological polar surface area (TPSA) is 95.9 Å². The number of nitrogens with one attached hydrogen (secondary N) is 1. The van der Waals surface area contributed by atoms with E-state index in [1.807, 2.05) is 0 Å². The van der Waals surface area contributed by atoms with E-state index < -0.39 is 18.2 Å². The van der Waals surface area contributed by atoms with Crippen molar-refractivity contribution in [2.45, 2.75) is 302 Å². The van der Waals surface area contributed by atoms with E-state index in [4.69, 9.17) is 4.74 Å². The fraction of sp³-hybridized carbons (Fsp3) is 0.828. The molecule has 0 aromatic carbocycles. The molecule has 374 valence electrons. The quantitative estimate of drug-likeness (QED) is 0.0245. The Bertz CT molecular complexity index is 1100. The molecule has 0 saturated heterocycles. The second-order valence-electron chi connectivity index (χ2n) is 19.0. The molecule has 0 heterocycles. The summed E-state index contributed by atoms with van der Waals surface area (Å²) < 4.78 is 5.93. The molecule has 1 amide bonds. The van der Waals surface area contributed by atoms with Crippen molar-refractivity contribution in [2.24, 2.45) is 0 Å². The molecule has 6 heteroatoms. The number of hydrogen-bond acceptors (Lipinski definition) is 5. The Morgan fingerprint density at radius 1 is 0.469 bits per heavy atom. The summed E-state index contributed by atoms with van der Waals surface area (Å²) in [7, 11) is 0. The Morgan fingerprint density at radius 2 is 0.859 bits per heavy atom. The third-order valence-electron chi connectivity index (χ3n) is 12.7. The number of ether oxygens (including phenoxy) is 1. The number of carbonyl (C=O) groups is 2. The summed E-state index contributed by atoms with van der Waals surface area (Å²) in [6, 6.07) is -0.716. The molecule has 3 atom stereocenters. The minimum Gasteiger partial charge on any atom is -0.462 e. The fourth-order valence-electron chi connectivity index (χ4n) is 8.40. The van der Waals surface area contributed by atoms with Crippen molar-refractivity contribution in [1.29, 1.82) is 0 Å². The van der Waals surface area contributed by atoms with Gasteiger partial charge in [-0.2, -0.15) is 0 Å². The summed E-state index contributed by atoms with van der Waals surface area (Å²) in [4.78, 5) is 26.2. The first-order chi connectivity index (χ1) is 31.5. The molecule has 0 spiro atoms. The standard InChI is InChI=1S/C58H107NO5/c1-4-7-10-13-16-19-22-25-27-28-29-30-31-33-36-39-42-45-48-51-58(63)64-54(49-46-43-40-37-34-32-26-23-20-17-14-11-8-5-2)52-57(62)59-55(53-60)56(61)50-47-44-41-38-35-24-21-18-15-12-9-6-3/h16,19,25,27,32,34,37,40,54-56,60-61H,4-15,17-18,20-24,26,28-31,33,35-36,38-39,41-53H2,1-3H3,(H,59,62)/b19-16-,27-25-,34-32+,40-37+. The van der Waals surface area contributed by atoms with Gasteiger partial charge in [-0.25, -0.2) is 0 Å². The van der Waals surface area contributed by atoms with Gasteiger partial charge in [0.05, 0.1) is 25.2 Å². The number of hydrogen-bond donors (Lipinski definition) is 3.